The van der Waals surface area contributed by atoms with Gasteiger partial charge in [-0.3, -0.25) is 0 Å². The van der Waals surface area contributed by atoms with Crippen LogP contribution in [-0.4, -0.2) is 51.3 Å². The average molecular weight is 384 g/mol. The van der Waals surface area contributed by atoms with Crippen molar-refractivity contribution >= 4 is 18.7 Å². The van der Waals surface area contributed by atoms with Crippen molar-refractivity contribution in [3.05, 3.63) is 28.8 Å². The van der Waals surface area contributed by atoms with E-state index in [0.29, 0.717) is 13.1 Å². The van der Waals surface area contributed by atoms with Gasteiger partial charge in [0.1, 0.15) is 0 Å². The Bertz CT molecular complexity index is 632. The zero-order valence-corrected chi connectivity index (χ0v) is 18.0. The van der Waals surface area contributed by atoms with Crippen LogP contribution in [0.2, 0.25) is 11.5 Å². The molecule has 0 aliphatic rings. The maximum absolute atomic E-state index is 7.57. The van der Waals surface area contributed by atoms with Crippen molar-refractivity contribution in [3.8, 4) is 0 Å². The molecule has 2 nitrogen and oxygen atoms in total. The first-order chi connectivity index (χ1) is 12.9. The van der Waals surface area contributed by atoms with Crippen molar-refractivity contribution < 1.29 is 8.22 Å². The van der Waals surface area contributed by atoms with E-state index in [1.54, 1.807) is 0 Å². The van der Waals surface area contributed by atoms with Crippen molar-refractivity contribution in [1.82, 2.24) is 9.80 Å². The van der Waals surface area contributed by atoms with Crippen molar-refractivity contribution in [3.63, 3.8) is 0 Å². The summed E-state index contributed by atoms with van der Waals surface area (Å²) in [4.78, 5) is 3.74. The summed E-state index contributed by atoms with van der Waals surface area (Å²) in [6.07, 6.45) is 0. The molecule has 0 saturated carbocycles. The van der Waals surface area contributed by atoms with Crippen LogP contribution < -0.4 is 4.40 Å². The van der Waals surface area contributed by atoms with Gasteiger partial charge in [0.15, 0.2) is 0 Å². The number of rotatable bonds is 7. The molecule has 0 aliphatic heterocycles. The van der Waals surface area contributed by atoms with Crippen LogP contribution in [0.15, 0.2) is 12.1 Å². The molecule has 0 amide bonds. The molecule has 1 radical (unpaired) electrons. The standard InChI is InChI=1S/C20H37GeN2/c1-10-22(8)14-16-12-18(20(3,4)5)13-17(15-23(9)11-2)19(16)21(6)7/h12-13H,10-11,14-15H2,1-9H3/i1D3,2D3. The van der Waals surface area contributed by atoms with E-state index >= 15 is 0 Å². The first kappa shape index (κ1) is 13.0. The Balaban J connectivity index is 3.41. The Morgan fingerprint density at radius 1 is 0.957 bits per heavy atom. The molecule has 0 heterocycles. The minimum absolute atomic E-state index is 0.0449. The number of hydrogen-bond acceptors (Lipinski definition) is 2. The minimum atomic E-state index is -1.99. The van der Waals surface area contributed by atoms with Gasteiger partial charge in [0.25, 0.3) is 0 Å². The summed E-state index contributed by atoms with van der Waals surface area (Å²) in [7, 11) is 3.71. The van der Waals surface area contributed by atoms with Gasteiger partial charge in [-0.2, -0.15) is 0 Å². The van der Waals surface area contributed by atoms with E-state index in [-0.39, 0.29) is 18.5 Å². The molecule has 1 aromatic rings. The number of hydrogen-bond donors (Lipinski definition) is 0. The van der Waals surface area contributed by atoms with Gasteiger partial charge in [0.2, 0.25) is 0 Å². The molecule has 0 N–H and O–H groups in total. The molecule has 1 rings (SSSR count). The van der Waals surface area contributed by atoms with E-state index in [9.17, 15) is 0 Å². The molecule has 0 saturated heterocycles. The Labute approximate surface area is 157 Å². The summed E-state index contributed by atoms with van der Waals surface area (Å²) in [6.45, 7) is 3.80. The monoisotopic (exact) mass is 385 g/mol. The molecule has 3 heteroatoms. The average Bonchev–Trinajstić information content (AvgIpc) is 2.40. The van der Waals surface area contributed by atoms with Gasteiger partial charge in [0.05, 0.1) is 0 Å². The topological polar surface area (TPSA) is 6.48 Å². The first-order valence-corrected chi connectivity index (χ1v) is 13.5. The molecule has 0 bridgehead atoms. The summed E-state index contributed by atoms with van der Waals surface area (Å²) >= 11 is -1.54. The van der Waals surface area contributed by atoms with E-state index in [1.807, 2.05) is 23.9 Å². The van der Waals surface area contributed by atoms with Crippen LogP contribution in [0.25, 0.3) is 0 Å². The molecule has 0 aliphatic carbocycles. The van der Waals surface area contributed by atoms with Gasteiger partial charge < -0.3 is 0 Å². The normalized spacial score (nSPS) is 17.7. The predicted octanol–water partition coefficient (Wildman–Crippen LogP) is 3.85. The van der Waals surface area contributed by atoms with Gasteiger partial charge >= 0.3 is 157 Å². The third kappa shape index (κ3) is 5.92. The Hall–Kier alpha value is -0.317. The second-order valence-electron chi connectivity index (χ2n) is 7.76. The summed E-state index contributed by atoms with van der Waals surface area (Å²) in [6, 6.07) is 4.47. The fourth-order valence-corrected chi connectivity index (χ4v) is 6.12. The first-order valence-electron chi connectivity index (χ1n) is 11.2. The SMILES string of the molecule is [2H]C([2H])([2H])CN(C)Cc1cc(C(C)(C)C)cc(CN(C)CC([2H])([2H])[2H])[c]1[Ge]([CH3])[CH3]. The van der Waals surface area contributed by atoms with Crippen LogP contribution in [0.3, 0.4) is 0 Å². The third-order valence-corrected chi connectivity index (χ3v) is 7.53. The van der Waals surface area contributed by atoms with Gasteiger partial charge in [-0.15, -0.1) is 0 Å². The second-order valence-corrected chi connectivity index (χ2v) is 13.0. The number of nitrogens with zero attached hydrogens (tertiary/aromatic N) is 2. The van der Waals surface area contributed by atoms with E-state index < -0.39 is 28.1 Å². The zero-order chi connectivity index (χ0) is 22.8. The Morgan fingerprint density at radius 2 is 1.39 bits per heavy atom. The molecule has 23 heavy (non-hydrogen) atoms. The third-order valence-electron chi connectivity index (χ3n) is 4.09. The molecule has 0 aromatic heterocycles. The molecule has 1 aromatic carbocycles. The van der Waals surface area contributed by atoms with Gasteiger partial charge in [0, 0.05) is 0 Å². The van der Waals surface area contributed by atoms with E-state index in [4.69, 9.17) is 8.22 Å². The molecular weight excluding hydrogens is 341 g/mol. The molecular formula is C20H37GeN2. The van der Waals surface area contributed by atoms with Crippen LogP contribution >= 0.6 is 0 Å². The fourth-order valence-electron chi connectivity index (χ4n) is 2.79. The van der Waals surface area contributed by atoms with Gasteiger partial charge in [-0.05, 0) is 0 Å². The van der Waals surface area contributed by atoms with E-state index in [2.05, 4.69) is 44.4 Å². The van der Waals surface area contributed by atoms with Gasteiger partial charge in [-0.25, -0.2) is 0 Å². The van der Waals surface area contributed by atoms with Gasteiger partial charge in [-0.1, -0.05) is 0 Å². The van der Waals surface area contributed by atoms with Crippen molar-refractivity contribution in [2.75, 3.05) is 27.2 Å². The Morgan fingerprint density at radius 3 is 1.70 bits per heavy atom. The van der Waals surface area contributed by atoms with Crippen molar-refractivity contribution in [2.45, 2.75) is 64.5 Å². The number of benzene rings is 1. The molecule has 0 spiro atoms. The predicted molar refractivity (Wildman–Crippen MR) is 106 cm³/mol. The van der Waals surface area contributed by atoms with Crippen LogP contribution in [0.4, 0.5) is 0 Å². The molecule has 131 valence electrons. The van der Waals surface area contributed by atoms with Crippen LogP contribution in [0.5, 0.6) is 0 Å². The fraction of sp³-hybridized carbons (Fsp3) is 0.700. The maximum atomic E-state index is 7.57. The van der Waals surface area contributed by atoms with Crippen LogP contribution in [-0.2, 0) is 18.5 Å². The summed E-state index contributed by atoms with van der Waals surface area (Å²) in [5.41, 5.74) is 3.55. The Kier molecular flexibility index (Phi) is 4.89. The molecule has 0 unspecified atom stereocenters. The summed E-state index contributed by atoms with van der Waals surface area (Å²) in [5.74, 6) is 4.60. The van der Waals surface area contributed by atoms with Crippen molar-refractivity contribution in [1.29, 1.82) is 0 Å². The zero-order valence-electron chi connectivity index (χ0n) is 21.9. The van der Waals surface area contributed by atoms with E-state index in [1.165, 1.54) is 21.1 Å². The second kappa shape index (κ2) is 8.68. The van der Waals surface area contributed by atoms with Crippen LogP contribution in [0, 0.1) is 0 Å². The van der Waals surface area contributed by atoms with Crippen LogP contribution in [0.1, 0.15) is 59.4 Å². The van der Waals surface area contributed by atoms with E-state index in [0.717, 1.165) is 0 Å². The molecule has 0 atom stereocenters. The quantitative estimate of drug-likeness (QED) is 0.659. The summed E-state index contributed by atoms with van der Waals surface area (Å²) < 4.78 is 46.8. The van der Waals surface area contributed by atoms with Crippen molar-refractivity contribution in [2.24, 2.45) is 0 Å². The molecule has 0 fully saturated rings. The summed E-state index contributed by atoms with van der Waals surface area (Å²) in [5, 5.41) is 0.